The standard InChI is InChI=1S/C25H23ClFN5O2S/c26-20-5-1-2-6-24(20)35(33,34)32-23-10-8-17(13-21(23)27)16-7-9-22-18(12-16)14-29-25(31-22)30-19-4-3-11-28-15-19/h1-2,5-10,12-14,19,28,32H,3-4,11,15H2,(H,29,30,31)/t19-/m0/s1. The topological polar surface area (TPSA) is 96.0 Å². The number of sulfonamides is 1. The van der Waals surface area contributed by atoms with E-state index in [2.05, 4.69) is 25.3 Å². The SMILES string of the molecule is O=S(=O)(Nc1ccc(-c2ccc3nc(N[C@H]4CCCNC4)ncc3c2)cc1F)c1ccccc1Cl. The second-order valence-corrected chi connectivity index (χ2v) is 10.4. The van der Waals surface area contributed by atoms with Gasteiger partial charge in [0.25, 0.3) is 10.0 Å². The minimum Gasteiger partial charge on any atom is -0.350 e. The van der Waals surface area contributed by atoms with Crippen LogP contribution in [0, 0.1) is 5.82 Å². The largest absolute Gasteiger partial charge is 0.350 e. The Bertz CT molecular complexity index is 1490. The molecule has 0 unspecified atom stereocenters. The lowest BCUT2D eigenvalue weighted by molar-refractivity contribution is 0.478. The van der Waals surface area contributed by atoms with Crippen molar-refractivity contribution >= 4 is 44.2 Å². The van der Waals surface area contributed by atoms with Crippen LogP contribution < -0.4 is 15.4 Å². The van der Waals surface area contributed by atoms with Gasteiger partial charge in [-0.2, -0.15) is 0 Å². The van der Waals surface area contributed by atoms with E-state index >= 15 is 0 Å². The Morgan fingerprint density at radius 1 is 1.06 bits per heavy atom. The second kappa shape index (κ2) is 9.77. The van der Waals surface area contributed by atoms with E-state index in [1.54, 1.807) is 24.4 Å². The van der Waals surface area contributed by atoms with Crippen LogP contribution in [0.5, 0.6) is 0 Å². The molecule has 3 aromatic carbocycles. The van der Waals surface area contributed by atoms with Crippen molar-refractivity contribution in [2.75, 3.05) is 23.1 Å². The molecule has 3 N–H and O–H groups in total. The lowest BCUT2D eigenvalue weighted by Crippen LogP contribution is -2.38. The van der Waals surface area contributed by atoms with Gasteiger partial charge in [-0.1, -0.05) is 35.9 Å². The quantitative estimate of drug-likeness (QED) is 0.335. The van der Waals surface area contributed by atoms with Crippen molar-refractivity contribution in [3.63, 3.8) is 0 Å². The van der Waals surface area contributed by atoms with Crippen LogP contribution in [0.15, 0.2) is 71.8 Å². The molecule has 0 aliphatic carbocycles. The van der Waals surface area contributed by atoms with Crippen molar-refractivity contribution in [1.29, 1.82) is 0 Å². The number of benzene rings is 3. The molecule has 1 aliphatic rings. The number of hydrogen-bond donors (Lipinski definition) is 3. The molecule has 0 bridgehead atoms. The number of halogens is 2. The zero-order chi connectivity index (χ0) is 24.4. The summed E-state index contributed by atoms with van der Waals surface area (Å²) in [6.07, 6.45) is 3.93. The maximum atomic E-state index is 14.9. The zero-order valence-electron chi connectivity index (χ0n) is 18.6. The maximum Gasteiger partial charge on any atom is 0.263 e. The van der Waals surface area contributed by atoms with E-state index in [1.165, 1.54) is 24.3 Å². The molecule has 1 saturated heterocycles. The number of anilines is 2. The molecule has 2 heterocycles. The molecule has 4 aromatic rings. The molecule has 0 radical (unpaired) electrons. The highest BCUT2D eigenvalue weighted by Crippen LogP contribution is 2.29. The normalized spacial score (nSPS) is 16.2. The Balaban J connectivity index is 1.36. The summed E-state index contributed by atoms with van der Waals surface area (Å²) in [6.45, 7) is 1.92. The van der Waals surface area contributed by atoms with Gasteiger partial charge in [-0.05, 0) is 66.9 Å². The molecule has 180 valence electrons. The molecule has 1 aromatic heterocycles. The van der Waals surface area contributed by atoms with Crippen LogP contribution in [0.25, 0.3) is 22.0 Å². The van der Waals surface area contributed by atoms with Crippen molar-refractivity contribution < 1.29 is 12.8 Å². The highest BCUT2D eigenvalue weighted by atomic mass is 35.5. The average molecular weight is 512 g/mol. The van der Waals surface area contributed by atoms with Crippen molar-refractivity contribution in [3.05, 3.63) is 77.7 Å². The van der Waals surface area contributed by atoms with E-state index in [1.807, 2.05) is 18.2 Å². The van der Waals surface area contributed by atoms with Crippen LogP contribution in [0.2, 0.25) is 5.02 Å². The highest BCUT2D eigenvalue weighted by Gasteiger charge is 2.19. The van der Waals surface area contributed by atoms with Gasteiger partial charge in [0, 0.05) is 24.2 Å². The Morgan fingerprint density at radius 3 is 2.63 bits per heavy atom. The molecule has 0 saturated carbocycles. The summed E-state index contributed by atoms with van der Waals surface area (Å²) in [7, 11) is -4.04. The van der Waals surface area contributed by atoms with Gasteiger partial charge in [-0.25, -0.2) is 22.8 Å². The van der Waals surface area contributed by atoms with E-state index in [9.17, 15) is 12.8 Å². The van der Waals surface area contributed by atoms with Crippen molar-refractivity contribution in [2.45, 2.75) is 23.8 Å². The monoisotopic (exact) mass is 511 g/mol. The van der Waals surface area contributed by atoms with Crippen LogP contribution >= 0.6 is 11.6 Å². The van der Waals surface area contributed by atoms with Gasteiger partial charge in [0.05, 0.1) is 16.2 Å². The summed E-state index contributed by atoms with van der Waals surface area (Å²) in [4.78, 5) is 8.92. The Kier molecular flexibility index (Phi) is 6.55. The number of fused-ring (bicyclic) bond motifs is 1. The van der Waals surface area contributed by atoms with Gasteiger partial charge < -0.3 is 10.6 Å². The van der Waals surface area contributed by atoms with Crippen LogP contribution in [-0.4, -0.2) is 37.5 Å². The van der Waals surface area contributed by atoms with Crippen LogP contribution in [-0.2, 0) is 10.0 Å². The molecule has 1 fully saturated rings. The van der Waals surface area contributed by atoms with Crippen LogP contribution in [0.4, 0.5) is 16.0 Å². The third kappa shape index (κ3) is 5.22. The number of nitrogens with zero attached hydrogens (tertiary/aromatic N) is 2. The van der Waals surface area contributed by atoms with Gasteiger partial charge in [0.1, 0.15) is 10.7 Å². The summed E-state index contributed by atoms with van der Waals surface area (Å²) in [5.74, 6) is -0.115. The van der Waals surface area contributed by atoms with Crippen LogP contribution in [0.3, 0.4) is 0 Å². The smallest absolute Gasteiger partial charge is 0.263 e. The number of hydrogen-bond acceptors (Lipinski definition) is 6. The summed E-state index contributed by atoms with van der Waals surface area (Å²) in [6, 6.07) is 16.2. The summed E-state index contributed by atoms with van der Waals surface area (Å²) >= 11 is 6.00. The van der Waals surface area contributed by atoms with Gasteiger partial charge in [-0.15, -0.1) is 0 Å². The van der Waals surface area contributed by atoms with Crippen LogP contribution in [0.1, 0.15) is 12.8 Å². The minimum absolute atomic E-state index is 0.0594. The Hall–Kier alpha value is -3.27. The first-order valence-electron chi connectivity index (χ1n) is 11.2. The second-order valence-electron chi connectivity index (χ2n) is 8.39. The first-order valence-corrected chi connectivity index (χ1v) is 13.1. The number of aromatic nitrogens is 2. The van der Waals surface area contributed by atoms with E-state index in [4.69, 9.17) is 11.6 Å². The molecule has 7 nitrogen and oxygen atoms in total. The van der Waals surface area contributed by atoms with Gasteiger partial charge in [-0.3, -0.25) is 4.72 Å². The van der Waals surface area contributed by atoms with Gasteiger partial charge in [0.15, 0.2) is 0 Å². The van der Waals surface area contributed by atoms with Gasteiger partial charge >= 0.3 is 0 Å². The fraction of sp³-hybridized carbons (Fsp3) is 0.200. The minimum atomic E-state index is -4.04. The fourth-order valence-corrected chi connectivity index (χ4v) is 5.67. The molecule has 1 atom stereocenters. The molecule has 35 heavy (non-hydrogen) atoms. The predicted octanol–water partition coefficient (Wildman–Crippen LogP) is 5.05. The number of nitrogens with one attached hydrogen (secondary N) is 3. The molecular formula is C25H23ClFN5O2S. The lowest BCUT2D eigenvalue weighted by Gasteiger charge is -2.23. The summed E-state index contributed by atoms with van der Waals surface area (Å²) < 4.78 is 42.4. The molecule has 10 heteroatoms. The number of piperidine rings is 1. The Labute approximate surface area is 207 Å². The average Bonchev–Trinajstić information content (AvgIpc) is 2.85. The summed E-state index contributed by atoms with van der Waals surface area (Å²) in [5.41, 5.74) is 1.98. The molecule has 5 rings (SSSR count). The Morgan fingerprint density at radius 2 is 1.86 bits per heavy atom. The van der Waals surface area contributed by atoms with Crippen molar-refractivity contribution in [2.24, 2.45) is 0 Å². The predicted molar refractivity (Wildman–Crippen MR) is 137 cm³/mol. The highest BCUT2D eigenvalue weighted by molar-refractivity contribution is 7.92. The van der Waals surface area contributed by atoms with Gasteiger partial charge in [0.2, 0.25) is 5.95 Å². The van der Waals surface area contributed by atoms with E-state index in [-0.39, 0.29) is 15.6 Å². The first-order chi connectivity index (χ1) is 16.9. The molecular weight excluding hydrogens is 489 g/mol. The third-order valence-electron chi connectivity index (χ3n) is 5.88. The van der Waals surface area contributed by atoms with E-state index < -0.39 is 15.8 Å². The fourth-order valence-electron chi connectivity index (χ4n) is 4.08. The third-order valence-corrected chi connectivity index (χ3v) is 7.75. The first kappa shape index (κ1) is 23.5. The van der Waals surface area contributed by atoms with E-state index in [0.717, 1.165) is 42.4 Å². The molecule has 0 amide bonds. The number of rotatable bonds is 6. The zero-order valence-corrected chi connectivity index (χ0v) is 20.2. The van der Waals surface area contributed by atoms with Crippen molar-refractivity contribution in [1.82, 2.24) is 15.3 Å². The molecule has 1 aliphatic heterocycles. The van der Waals surface area contributed by atoms with E-state index in [0.29, 0.717) is 17.6 Å². The maximum absolute atomic E-state index is 14.9. The summed E-state index contributed by atoms with van der Waals surface area (Å²) in [5, 5.41) is 7.60. The molecule has 0 spiro atoms. The van der Waals surface area contributed by atoms with Crippen molar-refractivity contribution in [3.8, 4) is 11.1 Å². The lowest BCUT2D eigenvalue weighted by atomic mass is 10.0.